The fourth-order valence-corrected chi connectivity index (χ4v) is 2.69. The SMILES string of the molecule is CCC(C)c1ccc(NC(=O)COC(=O)c2ccc(OC(C)C)c(OC)c2)cc1. The van der Waals surface area contributed by atoms with Crippen LogP contribution in [0.1, 0.15) is 56.0 Å². The van der Waals surface area contributed by atoms with E-state index in [0.29, 0.717) is 23.1 Å². The van der Waals surface area contributed by atoms with Crippen molar-refractivity contribution in [2.75, 3.05) is 19.0 Å². The normalized spacial score (nSPS) is 11.7. The third-order valence-corrected chi connectivity index (χ3v) is 4.47. The second-order valence-corrected chi connectivity index (χ2v) is 7.09. The first-order valence-electron chi connectivity index (χ1n) is 9.75. The fraction of sp³-hybridized carbons (Fsp3) is 0.391. The lowest BCUT2D eigenvalue weighted by atomic mass is 9.99. The highest BCUT2D eigenvalue weighted by Crippen LogP contribution is 2.29. The van der Waals surface area contributed by atoms with Crippen LogP contribution in [0, 0.1) is 0 Å². The molecule has 0 aliphatic heterocycles. The predicted octanol–water partition coefficient (Wildman–Crippen LogP) is 4.79. The van der Waals surface area contributed by atoms with Crippen molar-refractivity contribution in [2.45, 2.75) is 46.1 Å². The molecule has 1 atom stereocenters. The highest BCUT2D eigenvalue weighted by atomic mass is 16.5. The number of hydrogen-bond acceptors (Lipinski definition) is 5. The number of hydrogen-bond donors (Lipinski definition) is 1. The van der Waals surface area contributed by atoms with Gasteiger partial charge in [0.25, 0.3) is 5.91 Å². The van der Waals surface area contributed by atoms with Gasteiger partial charge in [-0.05, 0) is 62.1 Å². The molecule has 0 aliphatic carbocycles. The van der Waals surface area contributed by atoms with Crippen LogP contribution in [-0.4, -0.2) is 31.7 Å². The van der Waals surface area contributed by atoms with Gasteiger partial charge in [0.1, 0.15) is 0 Å². The van der Waals surface area contributed by atoms with Crippen LogP contribution in [0.25, 0.3) is 0 Å². The number of nitrogens with one attached hydrogen (secondary N) is 1. The van der Waals surface area contributed by atoms with Crippen LogP contribution in [0.4, 0.5) is 5.69 Å². The van der Waals surface area contributed by atoms with E-state index in [2.05, 4.69) is 19.2 Å². The number of carbonyl (C=O) groups excluding carboxylic acids is 2. The number of methoxy groups -OCH3 is 1. The first kappa shape index (κ1) is 22.3. The molecule has 6 heteroatoms. The maximum atomic E-state index is 12.3. The van der Waals surface area contributed by atoms with Gasteiger partial charge in [-0.1, -0.05) is 26.0 Å². The zero-order chi connectivity index (χ0) is 21.4. The van der Waals surface area contributed by atoms with E-state index in [9.17, 15) is 9.59 Å². The molecule has 0 aromatic heterocycles. The molecule has 0 radical (unpaired) electrons. The van der Waals surface area contributed by atoms with E-state index in [1.54, 1.807) is 12.1 Å². The van der Waals surface area contributed by atoms with Crippen LogP contribution in [0.3, 0.4) is 0 Å². The van der Waals surface area contributed by atoms with Crippen molar-refractivity contribution in [3.8, 4) is 11.5 Å². The van der Waals surface area contributed by atoms with Gasteiger partial charge in [0.05, 0.1) is 18.8 Å². The largest absolute Gasteiger partial charge is 0.493 e. The molecule has 0 heterocycles. The average Bonchev–Trinajstić information content (AvgIpc) is 2.71. The van der Waals surface area contributed by atoms with E-state index in [1.165, 1.54) is 18.7 Å². The van der Waals surface area contributed by atoms with Crippen LogP contribution in [0.2, 0.25) is 0 Å². The third kappa shape index (κ3) is 6.52. The Morgan fingerprint density at radius 3 is 2.28 bits per heavy atom. The van der Waals surface area contributed by atoms with Crippen molar-refractivity contribution >= 4 is 17.6 Å². The molecule has 156 valence electrons. The second kappa shape index (κ2) is 10.5. The van der Waals surface area contributed by atoms with Gasteiger partial charge < -0.3 is 19.5 Å². The number of esters is 1. The summed E-state index contributed by atoms with van der Waals surface area (Å²) in [6.45, 7) is 7.72. The first-order chi connectivity index (χ1) is 13.8. The van der Waals surface area contributed by atoms with Gasteiger partial charge in [-0.3, -0.25) is 4.79 Å². The lowest BCUT2D eigenvalue weighted by Gasteiger charge is -2.14. The smallest absolute Gasteiger partial charge is 0.338 e. The minimum absolute atomic E-state index is 0.0235. The van der Waals surface area contributed by atoms with Gasteiger partial charge in [-0.15, -0.1) is 0 Å². The van der Waals surface area contributed by atoms with Gasteiger partial charge >= 0.3 is 5.97 Å². The molecule has 2 aromatic rings. The Kier molecular flexibility index (Phi) is 8.07. The molecule has 2 rings (SSSR count). The van der Waals surface area contributed by atoms with Gasteiger partial charge in [0, 0.05) is 5.69 Å². The molecule has 0 spiro atoms. The zero-order valence-electron chi connectivity index (χ0n) is 17.7. The van der Waals surface area contributed by atoms with Crippen LogP contribution >= 0.6 is 0 Å². The highest BCUT2D eigenvalue weighted by Gasteiger charge is 2.15. The Hall–Kier alpha value is -3.02. The molecular formula is C23H29NO5. The van der Waals surface area contributed by atoms with Crippen molar-refractivity contribution in [1.82, 2.24) is 0 Å². The van der Waals surface area contributed by atoms with Crippen molar-refractivity contribution in [3.63, 3.8) is 0 Å². The zero-order valence-corrected chi connectivity index (χ0v) is 17.7. The molecule has 0 aliphatic rings. The molecule has 0 bridgehead atoms. The van der Waals surface area contributed by atoms with Crippen molar-refractivity contribution in [3.05, 3.63) is 53.6 Å². The lowest BCUT2D eigenvalue weighted by molar-refractivity contribution is -0.119. The average molecular weight is 399 g/mol. The highest BCUT2D eigenvalue weighted by molar-refractivity contribution is 5.95. The molecule has 0 saturated carbocycles. The standard InChI is InChI=1S/C23H29NO5/c1-6-16(4)17-7-10-19(11-8-17)24-22(25)14-28-23(26)18-9-12-20(29-15(2)3)21(13-18)27-5/h7-13,15-16H,6,14H2,1-5H3,(H,24,25). The molecule has 0 saturated heterocycles. The van der Waals surface area contributed by atoms with Crippen molar-refractivity contribution < 1.29 is 23.8 Å². The summed E-state index contributed by atoms with van der Waals surface area (Å²) >= 11 is 0. The maximum absolute atomic E-state index is 12.3. The first-order valence-corrected chi connectivity index (χ1v) is 9.75. The summed E-state index contributed by atoms with van der Waals surface area (Å²) in [6, 6.07) is 12.4. The van der Waals surface area contributed by atoms with Gasteiger partial charge in [-0.25, -0.2) is 4.79 Å². The number of rotatable bonds is 9. The molecular weight excluding hydrogens is 370 g/mol. The summed E-state index contributed by atoms with van der Waals surface area (Å²) in [5.74, 6) is 0.426. The van der Waals surface area contributed by atoms with Gasteiger partial charge in [0.2, 0.25) is 0 Å². The molecule has 1 unspecified atom stereocenters. The topological polar surface area (TPSA) is 73.9 Å². The number of carbonyl (C=O) groups is 2. The predicted molar refractivity (Wildman–Crippen MR) is 113 cm³/mol. The van der Waals surface area contributed by atoms with E-state index < -0.39 is 11.9 Å². The molecule has 1 amide bonds. The van der Waals surface area contributed by atoms with Crippen molar-refractivity contribution in [1.29, 1.82) is 0 Å². The van der Waals surface area contributed by atoms with Crippen LogP contribution in [0.15, 0.2) is 42.5 Å². The summed E-state index contributed by atoms with van der Waals surface area (Å²) in [6.07, 6.45) is 1.03. The fourth-order valence-electron chi connectivity index (χ4n) is 2.69. The Balaban J connectivity index is 1.92. The maximum Gasteiger partial charge on any atom is 0.338 e. The number of amides is 1. The van der Waals surface area contributed by atoms with Crippen LogP contribution in [-0.2, 0) is 9.53 Å². The lowest BCUT2D eigenvalue weighted by Crippen LogP contribution is -2.21. The van der Waals surface area contributed by atoms with E-state index in [1.807, 2.05) is 38.1 Å². The van der Waals surface area contributed by atoms with E-state index in [0.717, 1.165) is 6.42 Å². The second-order valence-electron chi connectivity index (χ2n) is 7.09. The molecule has 6 nitrogen and oxygen atoms in total. The van der Waals surface area contributed by atoms with E-state index in [-0.39, 0.29) is 18.3 Å². The Labute approximate surface area is 172 Å². The Morgan fingerprint density at radius 2 is 1.69 bits per heavy atom. The van der Waals surface area contributed by atoms with Gasteiger partial charge in [0.15, 0.2) is 18.1 Å². The summed E-state index contributed by atoms with van der Waals surface area (Å²) in [4.78, 5) is 24.3. The third-order valence-electron chi connectivity index (χ3n) is 4.47. The van der Waals surface area contributed by atoms with Crippen LogP contribution in [0.5, 0.6) is 11.5 Å². The Morgan fingerprint density at radius 1 is 1.00 bits per heavy atom. The Bertz CT molecular complexity index is 830. The number of anilines is 1. The molecule has 29 heavy (non-hydrogen) atoms. The number of benzene rings is 2. The van der Waals surface area contributed by atoms with E-state index in [4.69, 9.17) is 14.2 Å². The summed E-state index contributed by atoms with van der Waals surface area (Å²) in [7, 11) is 1.50. The molecule has 2 aromatic carbocycles. The molecule has 1 N–H and O–H groups in total. The molecule has 0 fully saturated rings. The number of ether oxygens (including phenoxy) is 3. The quantitative estimate of drug-likeness (QED) is 0.614. The monoisotopic (exact) mass is 399 g/mol. The minimum atomic E-state index is -0.610. The van der Waals surface area contributed by atoms with Gasteiger partial charge in [-0.2, -0.15) is 0 Å². The summed E-state index contributed by atoms with van der Waals surface area (Å²) < 4.78 is 16.0. The minimum Gasteiger partial charge on any atom is -0.493 e. The van der Waals surface area contributed by atoms with Crippen molar-refractivity contribution in [2.24, 2.45) is 0 Å². The van der Waals surface area contributed by atoms with Crippen LogP contribution < -0.4 is 14.8 Å². The summed E-state index contributed by atoms with van der Waals surface area (Å²) in [5.41, 5.74) is 2.16. The van der Waals surface area contributed by atoms with E-state index >= 15 is 0 Å². The summed E-state index contributed by atoms with van der Waals surface area (Å²) in [5, 5.41) is 2.73.